The van der Waals surface area contributed by atoms with Crippen molar-refractivity contribution in [1.29, 1.82) is 0 Å². The number of thiophene rings is 1. The van der Waals surface area contributed by atoms with Crippen molar-refractivity contribution in [3.05, 3.63) is 33.0 Å². The van der Waals surface area contributed by atoms with Gasteiger partial charge in [-0.05, 0) is 30.4 Å². The summed E-state index contributed by atoms with van der Waals surface area (Å²) in [5, 5.41) is 2.75. The lowest BCUT2D eigenvalue weighted by molar-refractivity contribution is 0.925. The maximum atomic E-state index is 6.11. The maximum absolute atomic E-state index is 6.11. The van der Waals surface area contributed by atoms with Gasteiger partial charge in [0.1, 0.15) is 10.5 Å². The fraction of sp³-hybridized carbons (Fsp3) is 0.273. The molecule has 2 heterocycles. The van der Waals surface area contributed by atoms with E-state index in [4.69, 9.17) is 23.8 Å². The third kappa shape index (κ3) is 1.93. The highest BCUT2D eigenvalue weighted by molar-refractivity contribution is 7.71. The van der Waals surface area contributed by atoms with Gasteiger partial charge in [-0.15, -0.1) is 11.3 Å². The summed E-state index contributed by atoms with van der Waals surface area (Å²) in [7, 11) is 0. The summed E-state index contributed by atoms with van der Waals surface area (Å²) in [6, 6.07) is 3.77. The van der Waals surface area contributed by atoms with Crippen LogP contribution < -0.4 is 0 Å². The first kappa shape index (κ1) is 10.4. The predicted molar refractivity (Wildman–Crippen MR) is 69.7 cm³/mol. The number of aromatic amines is 1. The third-order valence-corrected chi connectivity index (χ3v) is 4.17. The van der Waals surface area contributed by atoms with Gasteiger partial charge in [0.2, 0.25) is 0 Å². The number of hydrogen-bond acceptors (Lipinski definition) is 3. The van der Waals surface area contributed by atoms with E-state index in [1.807, 2.05) is 17.5 Å². The Bertz CT molecular complexity index is 584. The first-order valence-corrected chi connectivity index (χ1v) is 6.75. The zero-order chi connectivity index (χ0) is 11.1. The van der Waals surface area contributed by atoms with E-state index in [2.05, 4.69) is 9.97 Å². The molecule has 1 N–H and O–H groups in total. The number of rotatable bonds is 2. The van der Waals surface area contributed by atoms with Gasteiger partial charge in [-0.3, -0.25) is 0 Å². The van der Waals surface area contributed by atoms with Gasteiger partial charge in [-0.2, -0.15) is 0 Å². The standard InChI is InChI=1S/C11H9ClN2S2/c12-7-3-4-16-10(7)8-5-9(15)14-11(13-8)6-1-2-6/h3-6H,1-2H2,(H,13,14,15). The maximum Gasteiger partial charge on any atom is 0.130 e. The van der Waals surface area contributed by atoms with Gasteiger partial charge in [-0.25, -0.2) is 4.98 Å². The van der Waals surface area contributed by atoms with Crippen molar-refractivity contribution in [1.82, 2.24) is 9.97 Å². The van der Waals surface area contributed by atoms with Crippen LogP contribution in [0.1, 0.15) is 24.6 Å². The van der Waals surface area contributed by atoms with E-state index < -0.39 is 0 Å². The Hall–Kier alpha value is -0.710. The summed E-state index contributed by atoms with van der Waals surface area (Å²) in [5.41, 5.74) is 0.988. The molecule has 0 spiro atoms. The third-order valence-electron chi connectivity index (χ3n) is 2.59. The van der Waals surface area contributed by atoms with Crippen molar-refractivity contribution in [3.8, 4) is 10.6 Å². The molecule has 0 radical (unpaired) electrons. The summed E-state index contributed by atoms with van der Waals surface area (Å²) in [6.45, 7) is 0. The van der Waals surface area contributed by atoms with Crippen molar-refractivity contribution >= 4 is 35.2 Å². The summed E-state index contributed by atoms with van der Waals surface area (Å²) >= 11 is 12.9. The zero-order valence-electron chi connectivity index (χ0n) is 8.37. The van der Waals surface area contributed by atoms with Crippen LogP contribution in [0.3, 0.4) is 0 Å². The van der Waals surface area contributed by atoms with Crippen molar-refractivity contribution in [2.45, 2.75) is 18.8 Å². The summed E-state index contributed by atoms with van der Waals surface area (Å²) in [6.07, 6.45) is 2.42. The minimum Gasteiger partial charge on any atom is -0.342 e. The molecule has 1 saturated carbocycles. The van der Waals surface area contributed by atoms with Crippen LogP contribution in [0.25, 0.3) is 10.6 Å². The van der Waals surface area contributed by atoms with E-state index in [-0.39, 0.29) is 0 Å². The summed E-state index contributed by atoms with van der Waals surface area (Å²) in [5.74, 6) is 1.58. The molecule has 2 aromatic heterocycles. The number of aromatic nitrogens is 2. The van der Waals surface area contributed by atoms with Gasteiger partial charge in [0.25, 0.3) is 0 Å². The van der Waals surface area contributed by atoms with Crippen molar-refractivity contribution in [2.24, 2.45) is 0 Å². The molecule has 0 bridgehead atoms. The number of hydrogen-bond donors (Lipinski definition) is 1. The molecule has 5 heteroatoms. The predicted octanol–water partition coefficient (Wildman–Crippen LogP) is 4.40. The second-order valence-electron chi connectivity index (χ2n) is 3.89. The van der Waals surface area contributed by atoms with Gasteiger partial charge < -0.3 is 4.98 Å². The molecule has 0 atom stereocenters. The number of halogens is 1. The Morgan fingerprint density at radius 3 is 2.94 bits per heavy atom. The van der Waals surface area contributed by atoms with Crippen LogP contribution in [0.15, 0.2) is 17.5 Å². The van der Waals surface area contributed by atoms with Crippen molar-refractivity contribution in [3.63, 3.8) is 0 Å². The molecule has 16 heavy (non-hydrogen) atoms. The first-order chi connectivity index (χ1) is 7.74. The second kappa shape index (κ2) is 3.95. The molecular weight excluding hydrogens is 260 g/mol. The Balaban J connectivity index is 2.13. The Labute approximate surface area is 107 Å². The van der Waals surface area contributed by atoms with Gasteiger partial charge in [0, 0.05) is 5.92 Å². The van der Waals surface area contributed by atoms with E-state index >= 15 is 0 Å². The molecule has 1 fully saturated rings. The zero-order valence-corrected chi connectivity index (χ0v) is 10.8. The largest absolute Gasteiger partial charge is 0.342 e. The molecule has 2 aromatic rings. The Morgan fingerprint density at radius 1 is 1.50 bits per heavy atom. The van der Waals surface area contributed by atoms with Gasteiger partial charge >= 0.3 is 0 Å². The SMILES string of the molecule is S=c1cc(-c2sccc2Cl)[nH]c(C2CC2)n1. The highest BCUT2D eigenvalue weighted by atomic mass is 35.5. The van der Waals surface area contributed by atoms with Crippen molar-refractivity contribution in [2.75, 3.05) is 0 Å². The number of nitrogens with zero attached hydrogens (tertiary/aromatic N) is 1. The minimum absolute atomic E-state index is 0.570. The summed E-state index contributed by atoms with van der Waals surface area (Å²) in [4.78, 5) is 8.73. The van der Waals surface area contributed by atoms with Crippen LogP contribution in [-0.4, -0.2) is 9.97 Å². The Morgan fingerprint density at radius 2 is 2.31 bits per heavy atom. The Kier molecular flexibility index (Phi) is 2.58. The molecule has 0 aliphatic heterocycles. The van der Waals surface area contributed by atoms with E-state index in [1.165, 1.54) is 12.8 Å². The molecule has 1 aliphatic carbocycles. The average Bonchev–Trinajstić information content (AvgIpc) is 3.01. The van der Waals surface area contributed by atoms with Gasteiger partial charge in [0.05, 0.1) is 15.6 Å². The average molecular weight is 269 g/mol. The molecular formula is C11H9ClN2S2. The molecule has 0 aromatic carbocycles. The van der Waals surface area contributed by atoms with E-state index in [0.29, 0.717) is 10.6 Å². The van der Waals surface area contributed by atoms with Gasteiger partial charge in [-0.1, -0.05) is 23.8 Å². The lowest BCUT2D eigenvalue weighted by atomic mass is 10.3. The monoisotopic (exact) mass is 268 g/mol. The topological polar surface area (TPSA) is 28.7 Å². The second-order valence-corrected chi connectivity index (χ2v) is 5.63. The lowest BCUT2D eigenvalue weighted by Gasteiger charge is -2.03. The molecule has 3 rings (SSSR count). The number of H-pyrrole nitrogens is 1. The van der Waals surface area contributed by atoms with Crippen molar-refractivity contribution < 1.29 is 0 Å². The molecule has 2 nitrogen and oxygen atoms in total. The molecule has 1 aliphatic rings. The fourth-order valence-corrected chi connectivity index (χ4v) is 2.98. The first-order valence-electron chi connectivity index (χ1n) is 5.08. The van der Waals surface area contributed by atoms with Crippen LogP contribution >= 0.6 is 35.2 Å². The molecule has 0 saturated heterocycles. The van der Waals surface area contributed by atoms with E-state index in [0.717, 1.165) is 21.4 Å². The van der Waals surface area contributed by atoms with Crippen LogP contribution in [0, 0.1) is 4.64 Å². The normalized spacial score (nSPS) is 15.3. The highest BCUT2D eigenvalue weighted by Crippen LogP contribution is 2.39. The van der Waals surface area contributed by atoms with Crippen LogP contribution in [-0.2, 0) is 0 Å². The van der Waals surface area contributed by atoms with Gasteiger partial charge in [0.15, 0.2) is 0 Å². The quantitative estimate of drug-likeness (QED) is 0.818. The fourth-order valence-electron chi connectivity index (χ4n) is 1.63. The molecule has 0 amide bonds. The smallest absolute Gasteiger partial charge is 0.130 e. The van der Waals surface area contributed by atoms with Crippen LogP contribution in [0.5, 0.6) is 0 Å². The summed E-state index contributed by atoms with van der Waals surface area (Å²) < 4.78 is 0.639. The minimum atomic E-state index is 0.570. The molecule has 82 valence electrons. The lowest BCUT2D eigenvalue weighted by Crippen LogP contribution is -1.94. The van der Waals surface area contributed by atoms with E-state index in [1.54, 1.807) is 11.3 Å². The van der Waals surface area contributed by atoms with Crippen LogP contribution in [0.2, 0.25) is 5.02 Å². The van der Waals surface area contributed by atoms with Crippen LogP contribution in [0.4, 0.5) is 0 Å². The highest BCUT2D eigenvalue weighted by Gasteiger charge is 2.26. The van der Waals surface area contributed by atoms with E-state index in [9.17, 15) is 0 Å². The molecule has 0 unspecified atom stereocenters. The number of nitrogens with one attached hydrogen (secondary N) is 1.